The van der Waals surface area contributed by atoms with E-state index in [4.69, 9.17) is 15.2 Å². The summed E-state index contributed by atoms with van der Waals surface area (Å²) in [5.74, 6) is -1.10. The molecule has 23 heavy (non-hydrogen) atoms. The Morgan fingerprint density at radius 3 is 2.57 bits per heavy atom. The molecule has 0 aromatic rings. The van der Waals surface area contributed by atoms with Gasteiger partial charge in [-0.05, 0) is 11.8 Å². The summed E-state index contributed by atoms with van der Waals surface area (Å²) in [6.45, 7) is 4.60. The number of hydrogen-bond donors (Lipinski definition) is 1. The van der Waals surface area contributed by atoms with Gasteiger partial charge in [-0.15, -0.1) is 0 Å². The Morgan fingerprint density at radius 2 is 1.91 bits per heavy atom. The molecule has 9 nitrogen and oxygen atoms in total. The second kappa shape index (κ2) is 11.2. The highest BCUT2D eigenvalue weighted by Gasteiger charge is 2.18. The molecule has 1 saturated heterocycles. The Labute approximate surface area is 138 Å². The molecule has 1 aliphatic rings. The van der Waals surface area contributed by atoms with Crippen LogP contribution in [0.25, 0.3) is 0 Å². The summed E-state index contributed by atoms with van der Waals surface area (Å²) in [5.41, 5.74) is 5.64. The molecule has 0 saturated carbocycles. The minimum Gasteiger partial charge on any atom is -0.463 e. The van der Waals surface area contributed by atoms with Gasteiger partial charge in [0, 0.05) is 32.3 Å². The molecule has 0 aromatic heterocycles. The summed E-state index contributed by atoms with van der Waals surface area (Å²) in [5, 5.41) is -0.678. The van der Waals surface area contributed by atoms with Gasteiger partial charge in [0.25, 0.3) is 0 Å². The maximum Gasteiger partial charge on any atom is 0.370 e. The number of thioether (sulfide) groups is 1. The smallest absolute Gasteiger partial charge is 0.370 e. The average Bonchev–Trinajstić information content (AvgIpc) is 2.53. The van der Waals surface area contributed by atoms with Crippen LogP contribution in [0.2, 0.25) is 0 Å². The molecule has 1 heterocycles. The third kappa shape index (κ3) is 9.39. The molecule has 2 N–H and O–H groups in total. The lowest BCUT2D eigenvalue weighted by atomic mass is 10.4. The monoisotopic (exact) mass is 350 g/mol. The highest BCUT2D eigenvalue weighted by Crippen LogP contribution is 2.07. The van der Waals surface area contributed by atoms with Crippen LogP contribution in [0, 0.1) is 0 Å². The highest BCUT2D eigenvalue weighted by molar-refractivity contribution is 8.13. The molecule has 10 heteroatoms. The molecular weight excluding hydrogens is 328 g/mol. The van der Waals surface area contributed by atoms with Gasteiger partial charge in [0.1, 0.15) is 12.6 Å². The molecule has 0 amide bonds. The largest absolute Gasteiger partial charge is 0.463 e. The molecule has 0 spiro atoms. The van der Waals surface area contributed by atoms with Crippen LogP contribution in [-0.2, 0) is 28.5 Å². The zero-order chi connectivity index (χ0) is 17.1. The molecule has 1 rings (SSSR count). The number of carbonyl (C=O) groups is 3. The minimum absolute atomic E-state index is 0.0231. The van der Waals surface area contributed by atoms with Crippen molar-refractivity contribution in [3.63, 3.8) is 0 Å². The first-order valence-electron chi connectivity index (χ1n) is 7.14. The van der Waals surface area contributed by atoms with E-state index in [1.807, 2.05) is 0 Å². The van der Waals surface area contributed by atoms with Crippen molar-refractivity contribution >= 4 is 29.0 Å². The van der Waals surface area contributed by atoms with Gasteiger partial charge >= 0.3 is 17.2 Å². The van der Waals surface area contributed by atoms with E-state index in [9.17, 15) is 14.4 Å². The van der Waals surface area contributed by atoms with Crippen molar-refractivity contribution in [2.45, 2.75) is 13.0 Å². The van der Waals surface area contributed by atoms with Gasteiger partial charge in [0.2, 0.25) is 6.79 Å². The third-order valence-corrected chi connectivity index (χ3v) is 3.76. The van der Waals surface area contributed by atoms with Crippen LogP contribution in [-0.4, -0.2) is 80.2 Å². The second-order valence-corrected chi connectivity index (χ2v) is 5.64. The quantitative estimate of drug-likeness (QED) is 0.457. The lowest BCUT2D eigenvalue weighted by Gasteiger charge is -2.26. The first-order valence-corrected chi connectivity index (χ1v) is 8.13. The van der Waals surface area contributed by atoms with E-state index in [0.717, 1.165) is 24.9 Å². The molecular formula is C13H22N2O7S. The molecule has 132 valence electrons. The highest BCUT2D eigenvalue weighted by atomic mass is 32.2. The van der Waals surface area contributed by atoms with E-state index in [-0.39, 0.29) is 12.4 Å². The summed E-state index contributed by atoms with van der Waals surface area (Å²) < 4.78 is 19.3. The van der Waals surface area contributed by atoms with Gasteiger partial charge in [-0.1, -0.05) is 0 Å². The van der Waals surface area contributed by atoms with Gasteiger partial charge in [-0.3, -0.25) is 14.5 Å². The Balaban J connectivity index is 2.08. The summed E-state index contributed by atoms with van der Waals surface area (Å²) in [7, 11) is 0. The van der Waals surface area contributed by atoms with Crippen LogP contribution in [0.15, 0.2) is 0 Å². The van der Waals surface area contributed by atoms with Crippen molar-refractivity contribution in [1.82, 2.24) is 4.90 Å². The van der Waals surface area contributed by atoms with Crippen molar-refractivity contribution in [1.29, 1.82) is 0 Å². The summed E-state index contributed by atoms with van der Waals surface area (Å²) >= 11 is 0.721. The summed E-state index contributed by atoms with van der Waals surface area (Å²) in [6, 6.07) is -0.925. The van der Waals surface area contributed by atoms with Crippen LogP contribution in [0.1, 0.15) is 6.92 Å². The number of nitrogens with two attached hydrogens (primary N) is 1. The number of hydrogen-bond acceptors (Lipinski definition) is 10. The van der Waals surface area contributed by atoms with Crippen molar-refractivity contribution in [2.75, 3.05) is 52.0 Å². The van der Waals surface area contributed by atoms with Gasteiger partial charge in [0.05, 0.1) is 13.2 Å². The maximum absolute atomic E-state index is 11.7. The molecule has 1 aliphatic heterocycles. The van der Waals surface area contributed by atoms with Crippen LogP contribution >= 0.6 is 11.8 Å². The first kappa shape index (κ1) is 19.7. The second-order valence-electron chi connectivity index (χ2n) is 4.69. The predicted octanol–water partition coefficient (Wildman–Crippen LogP) is -0.420. The Hall–Kier alpha value is -1.36. The maximum atomic E-state index is 11.7. The molecule has 0 unspecified atom stereocenters. The first-order chi connectivity index (χ1) is 11.0. The van der Waals surface area contributed by atoms with Gasteiger partial charge < -0.3 is 24.7 Å². The topological polar surface area (TPSA) is 117 Å². The fourth-order valence-electron chi connectivity index (χ4n) is 1.64. The van der Waals surface area contributed by atoms with Gasteiger partial charge in [0.15, 0.2) is 0 Å². The molecule has 0 radical (unpaired) electrons. The van der Waals surface area contributed by atoms with E-state index >= 15 is 0 Å². The molecule has 0 aromatic carbocycles. The van der Waals surface area contributed by atoms with E-state index in [0.29, 0.717) is 19.8 Å². The third-order valence-electron chi connectivity index (χ3n) is 2.88. The summed E-state index contributed by atoms with van der Waals surface area (Å²) in [6.07, 6.45) is 0. The van der Waals surface area contributed by atoms with Crippen molar-refractivity contribution in [3.8, 4) is 0 Å². The number of carbonyl (C=O) groups excluding carboxylic acids is 3. The Morgan fingerprint density at radius 1 is 1.22 bits per heavy atom. The summed E-state index contributed by atoms with van der Waals surface area (Å²) in [4.78, 5) is 35.6. The normalized spacial score (nSPS) is 16.4. The standard InChI is InChI=1S/C13H22N2O7S/c1-10(16)21-9-22-13(18)23-8-11(14)12(17)20-7-4-15-2-5-19-6-3-15/h11H,2-9,14H2,1H3/t11-/m0/s1. The Kier molecular flexibility index (Phi) is 9.60. The van der Waals surface area contributed by atoms with Crippen LogP contribution in [0.5, 0.6) is 0 Å². The van der Waals surface area contributed by atoms with E-state index in [1.54, 1.807) is 0 Å². The predicted molar refractivity (Wildman–Crippen MR) is 81.8 cm³/mol. The zero-order valence-electron chi connectivity index (χ0n) is 13.0. The lowest BCUT2D eigenvalue weighted by Crippen LogP contribution is -2.40. The van der Waals surface area contributed by atoms with Gasteiger partial charge in [-0.2, -0.15) is 0 Å². The molecule has 1 fully saturated rings. The lowest BCUT2D eigenvalue weighted by molar-refractivity contribution is -0.148. The van der Waals surface area contributed by atoms with Crippen molar-refractivity contribution in [3.05, 3.63) is 0 Å². The average molecular weight is 350 g/mol. The number of esters is 2. The van der Waals surface area contributed by atoms with Crippen molar-refractivity contribution < 1.29 is 33.3 Å². The Bertz CT molecular complexity index is 402. The SMILES string of the molecule is CC(=O)OCOC(=O)SC[C@H](N)C(=O)OCCN1CCOCC1. The van der Waals surface area contributed by atoms with E-state index in [1.165, 1.54) is 6.92 Å². The van der Waals surface area contributed by atoms with E-state index in [2.05, 4.69) is 14.4 Å². The van der Waals surface area contributed by atoms with Crippen LogP contribution < -0.4 is 5.73 Å². The van der Waals surface area contributed by atoms with Gasteiger partial charge in [-0.25, -0.2) is 4.79 Å². The fraction of sp³-hybridized carbons (Fsp3) is 0.769. The number of rotatable bonds is 8. The van der Waals surface area contributed by atoms with Crippen LogP contribution in [0.3, 0.4) is 0 Å². The molecule has 0 aliphatic carbocycles. The van der Waals surface area contributed by atoms with Crippen LogP contribution in [0.4, 0.5) is 4.79 Å². The number of nitrogens with zero attached hydrogens (tertiary/aromatic N) is 1. The fourth-order valence-corrected chi connectivity index (χ4v) is 2.22. The number of ether oxygens (including phenoxy) is 4. The molecule has 0 bridgehead atoms. The van der Waals surface area contributed by atoms with Crippen molar-refractivity contribution in [2.24, 2.45) is 5.73 Å². The molecule has 1 atom stereocenters. The minimum atomic E-state index is -0.925. The number of morpholine rings is 1. The van der Waals surface area contributed by atoms with E-state index < -0.39 is 30.1 Å². The zero-order valence-corrected chi connectivity index (χ0v) is 13.8.